The standard InChI is InChI=1S/C16H14Cl2N2O4/c1-20-6-2-3-11(15(20)22)14(21)19-13(16(23)24)8-9-7-10(17)4-5-12(9)18/h2-7,13H,8H2,1H3,(H,19,21)(H,23,24). The molecule has 2 rings (SSSR count). The second kappa shape index (κ2) is 7.51. The average molecular weight is 369 g/mol. The summed E-state index contributed by atoms with van der Waals surface area (Å²) >= 11 is 11.9. The topological polar surface area (TPSA) is 88.4 Å². The zero-order valence-corrected chi connectivity index (χ0v) is 14.1. The largest absolute Gasteiger partial charge is 0.480 e. The van der Waals surface area contributed by atoms with Crippen LogP contribution < -0.4 is 10.9 Å². The number of carboxylic acids is 1. The zero-order valence-electron chi connectivity index (χ0n) is 12.6. The van der Waals surface area contributed by atoms with Crippen molar-refractivity contribution in [1.29, 1.82) is 0 Å². The van der Waals surface area contributed by atoms with E-state index in [0.717, 1.165) is 0 Å². The number of rotatable bonds is 5. The van der Waals surface area contributed by atoms with Gasteiger partial charge in [-0.2, -0.15) is 0 Å². The second-order valence-corrected chi connectivity index (χ2v) is 5.99. The van der Waals surface area contributed by atoms with Crippen LogP contribution in [-0.2, 0) is 18.3 Å². The molecule has 0 saturated carbocycles. The summed E-state index contributed by atoms with van der Waals surface area (Å²) in [6, 6.07) is 6.28. The molecule has 8 heteroatoms. The first-order chi connectivity index (χ1) is 11.3. The van der Waals surface area contributed by atoms with Crippen molar-refractivity contribution in [2.45, 2.75) is 12.5 Å². The molecule has 1 amide bonds. The molecule has 0 aliphatic rings. The lowest BCUT2D eigenvalue weighted by Crippen LogP contribution is -2.44. The number of aryl methyl sites for hydroxylation is 1. The van der Waals surface area contributed by atoms with Crippen molar-refractivity contribution in [3.8, 4) is 0 Å². The quantitative estimate of drug-likeness (QED) is 0.845. The minimum atomic E-state index is -1.25. The van der Waals surface area contributed by atoms with Gasteiger partial charge >= 0.3 is 5.97 Å². The van der Waals surface area contributed by atoms with E-state index in [-0.39, 0.29) is 12.0 Å². The smallest absolute Gasteiger partial charge is 0.326 e. The van der Waals surface area contributed by atoms with Gasteiger partial charge in [0.15, 0.2) is 0 Å². The van der Waals surface area contributed by atoms with E-state index in [9.17, 15) is 19.5 Å². The molecule has 0 aliphatic carbocycles. The fraction of sp³-hybridized carbons (Fsp3) is 0.188. The highest BCUT2D eigenvalue weighted by Gasteiger charge is 2.23. The van der Waals surface area contributed by atoms with E-state index in [1.807, 2.05) is 0 Å². The number of nitrogens with one attached hydrogen (secondary N) is 1. The Labute approximate surface area is 147 Å². The van der Waals surface area contributed by atoms with Crippen molar-refractivity contribution >= 4 is 35.1 Å². The number of amides is 1. The molecule has 0 fully saturated rings. The molecule has 126 valence electrons. The zero-order chi connectivity index (χ0) is 17.9. The van der Waals surface area contributed by atoms with Gasteiger partial charge in [-0.15, -0.1) is 0 Å². The highest BCUT2D eigenvalue weighted by Crippen LogP contribution is 2.22. The lowest BCUT2D eigenvalue weighted by atomic mass is 10.1. The van der Waals surface area contributed by atoms with Gasteiger partial charge in [-0.05, 0) is 35.9 Å². The average Bonchev–Trinajstić information content (AvgIpc) is 2.52. The summed E-state index contributed by atoms with van der Waals surface area (Å²) < 4.78 is 1.23. The van der Waals surface area contributed by atoms with Gasteiger partial charge in [0.1, 0.15) is 11.6 Å². The summed E-state index contributed by atoms with van der Waals surface area (Å²) in [4.78, 5) is 35.6. The van der Waals surface area contributed by atoms with Crippen molar-refractivity contribution in [3.05, 3.63) is 68.1 Å². The van der Waals surface area contributed by atoms with Crippen LogP contribution in [0.1, 0.15) is 15.9 Å². The highest BCUT2D eigenvalue weighted by atomic mass is 35.5. The predicted octanol–water partition coefficient (Wildman–Crippen LogP) is 2.12. The number of nitrogens with zero attached hydrogens (tertiary/aromatic N) is 1. The molecule has 2 N–H and O–H groups in total. The van der Waals surface area contributed by atoms with Crippen molar-refractivity contribution < 1.29 is 14.7 Å². The van der Waals surface area contributed by atoms with E-state index in [1.165, 1.54) is 36.0 Å². The number of hydrogen-bond acceptors (Lipinski definition) is 3. The first-order valence-corrected chi connectivity index (χ1v) is 7.68. The van der Waals surface area contributed by atoms with E-state index in [0.29, 0.717) is 15.6 Å². The SMILES string of the molecule is Cn1cccc(C(=O)NC(Cc2cc(Cl)ccc2Cl)C(=O)O)c1=O. The van der Waals surface area contributed by atoms with Gasteiger partial charge in [-0.3, -0.25) is 9.59 Å². The van der Waals surface area contributed by atoms with Gasteiger partial charge in [0.05, 0.1) is 0 Å². The number of aliphatic carboxylic acids is 1. The summed E-state index contributed by atoms with van der Waals surface area (Å²) in [6.07, 6.45) is 1.44. The number of hydrogen-bond donors (Lipinski definition) is 2. The van der Waals surface area contributed by atoms with Crippen LogP contribution in [0.25, 0.3) is 0 Å². The number of carbonyl (C=O) groups is 2. The van der Waals surface area contributed by atoms with Crippen molar-refractivity contribution in [3.63, 3.8) is 0 Å². The molecule has 24 heavy (non-hydrogen) atoms. The highest BCUT2D eigenvalue weighted by molar-refractivity contribution is 6.33. The molecular weight excluding hydrogens is 355 g/mol. The molecular formula is C16H14Cl2N2O4. The van der Waals surface area contributed by atoms with Crippen molar-refractivity contribution in [1.82, 2.24) is 9.88 Å². The molecule has 1 unspecified atom stereocenters. The molecule has 0 spiro atoms. The summed E-state index contributed by atoms with van der Waals surface area (Å²) in [5, 5.41) is 12.4. The predicted molar refractivity (Wildman–Crippen MR) is 90.7 cm³/mol. The maximum atomic E-state index is 12.2. The molecule has 1 heterocycles. The van der Waals surface area contributed by atoms with E-state index >= 15 is 0 Å². The Morgan fingerprint density at radius 2 is 2.00 bits per heavy atom. The number of benzene rings is 1. The van der Waals surface area contributed by atoms with Crippen LogP contribution in [0, 0.1) is 0 Å². The summed E-state index contributed by atoms with van der Waals surface area (Å²) in [5.74, 6) is -2.01. The Kier molecular flexibility index (Phi) is 5.64. The van der Waals surface area contributed by atoms with E-state index in [4.69, 9.17) is 23.2 Å². The summed E-state index contributed by atoms with van der Waals surface area (Å²) in [6.45, 7) is 0. The summed E-state index contributed by atoms with van der Waals surface area (Å²) in [5.41, 5.74) is -0.166. The van der Waals surface area contributed by atoms with Crippen LogP contribution in [0.5, 0.6) is 0 Å². The maximum Gasteiger partial charge on any atom is 0.326 e. The Bertz CT molecular complexity index is 848. The van der Waals surface area contributed by atoms with Gasteiger partial charge in [-0.1, -0.05) is 23.2 Å². The molecule has 1 atom stereocenters. The summed E-state index contributed by atoms with van der Waals surface area (Å²) in [7, 11) is 1.50. The van der Waals surface area contributed by atoms with E-state index in [2.05, 4.69) is 5.32 Å². The molecule has 0 bridgehead atoms. The second-order valence-electron chi connectivity index (χ2n) is 5.14. The first kappa shape index (κ1) is 18.0. The Morgan fingerprint density at radius 3 is 2.67 bits per heavy atom. The van der Waals surface area contributed by atoms with Crippen molar-refractivity contribution in [2.75, 3.05) is 0 Å². The van der Waals surface area contributed by atoms with E-state index < -0.39 is 23.5 Å². The van der Waals surface area contributed by atoms with Crippen molar-refractivity contribution in [2.24, 2.45) is 7.05 Å². The van der Waals surface area contributed by atoms with Crippen LogP contribution in [0.15, 0.2) is 41.3 Å². The Morgan fingerprint density at radius 1 is 1.29 bits per heavy atom. The van der Waals surface area contributed by atoms with Gasteiger partial charge < -0.3 is 15.0 Å². The monoisotopic (exact) mass is 368 g/mol. The lowest BCUT2D eigenvalue weighted by Gasteiger charge is -2.15. The molecule has 0 aliphatic heterocycles. The van der Waals surface area contributed by atoms with Gasteiger partial charge in [0.2, 0.25) is 0 Å². The number of carbonyl (C=O) groups excluding carboxylic acids is 1. The fourth-order valence-electron chi connectivity index (χ4n) is 2.13. The number of halogens is 2. The third-order valence-corrected chi connectivity index (χ3v) is 4.01. The molecule has 1 aromatic heterocycles. The van der Waals surface area contributed by atoms with E-state index in [1.54, 1.807) is 12.1 Å². The normalized spacial score (nSPS) is 11.8. The van der Waals surface area contributed by atoms with Gasteiger partial charge in [-0.25, -0.2) is 4.79 Å². The third-order valence-electron chi connectivity index (χ3n) is 3.40. The minimum absolute atomic E-state index is 0.0619. The van der Waals surface area contributed by atoms with Gasteiger partial charge in [0.25, 0.3) is 11.5 Å². The lowest BCUT2D eigenvalue weighted by molar-refractivity contribution is -0.139. The molecule has 1 aromatic carbocycles. The van der Waals surface area contributed by atoms with Crippen LogP contribution in [0.3, 0.4) is 0 Å². The minimum Gasteiger partial charge on any atom is -0.480 e. The van der Waals surface area contributed by atoms with Crippen LogP contribution >= 0.6 is 23.2 Å². The van der Waals surface area contributed by atoms with Crippen LogP contribution in [-0.4, -0.2) is 27.6 Å². The first-order valence-electron chi connectivity index (χ1n) is 6.93. The molecule has 0 saturated heterocycles. The third kappa shape index (κ3) is 4.15. The van der Waals surface area contributed by atoms with Gasteiger partial charge in [0, 0.05) is 29.7 Å². The Balaban J connectivity index is 2.24. The number of carboxylic acid groups (broad SMARTS) is 1. The maximum absolute atomic E-state index is 12.2. The molecule has 0 radical (unpaired) electrons. The molecule has 2 aromatic rings. The fourth-order valence-corrected chi connectivity index (χ4v) is 2.52. The number of pyridine rings is 1. The number of aromatic nitrogens is 1. The Hall–Kier alpha value is -2.31. The molecule has 6 nitrogen and oxygen atoms in total. The van der Waals surface area contributed by atoms with Crippen LogP contribution in [0.2, 0.25) is 10.0 Å². The van der Waals surface area contributed by atoms with Crippen LogP contribution in [0.4, 0.5) is 0 Å².